The van der Waals surface area contributed by atoms with Gasteiger partial charge in [0.05, 0.1) is 29.8 Å². The maximum Gasteiger partial charge on any atom is 0.260 e. The van der Waals surface area contributed by atoms with E-state index in [1.165, 1.54) is 12.1 Å². The lowest BCUT2D eigenvalue weighted by atomic mass is 10.1. The zero-order valence-electron chi connectivity index (χ0n) is 20.0. The molecule has 0 bridgehead atoms. The molecule has 13 heteroatoms. The van der Waals surface area contributed by atoms with Crippen LogP contribution in [0.5, 0.6) is 5.88 Å². The van der Waals surface area contributed by atoms with E-state index in [1.807, 2.05) is 6.92 Å². The summed E-state index contributed by atoms with van der Waals surface area (Å²) in [7, 11) is -4.13. The highest BCUT2D eigenvalue weighted by Gasteiger charge is 2.32. The topological polar surface area (TPSA) is 171 Å². The molecule has 4 aromatic rings. The van der Waals surface area contributed by atoms with Crippen LogP contribution in [0.25, 0.3) is 15.8 Å². The summed E-state index contributed by atoms with van der Waals surface area (Å²) in [5.74, 6) is 0.0327. The van der Waals surface area contributed by atoms with E-state index < -0.39 is 15.9 Å². The molecule has 2 aromatic carbocycles. The molecule has 6 N–H and O–H groups in total. The molecule has 196 valence electrons. The number of nitrogens with zero attached hydrogens (tertiary/aromatic N) is 2. The highest BCUT2D eigenvalue weighted by molar-refractivity contribution is 8.00. The minimum absolute atomic E-state index is 0.0327. The summed E-state index contributed by atoms with van der Waals surface area (Å²) in [4.78, 5) is 2.94. The number of nitrogens with two attached hydrogens (primary N) is 2. The number of hydrogen-bond acceptors (Lipinski definition) is 9. The Bertz CT molecular complexity index is 1490. The van der Waals surface area contributed by atoms with Crippen LogP contribution in [0.2, 0.25) is 5.02 Å². The Morgan fingerprint density at radius 1 is 1.11 bits per heavy atom. The van der Waals surface area contributed by atoms with Crippen molar-refractivity contribution in [3.63, 3.8) is 0 Å². The van der Waals surface area contributed by atoms with Crippen molar-refractivity contribution in [2.45, 2.75) is 17.9 Å². The molecule has 0 aliphatic carbocycles. The van der Waals surface area contributed by atoms with Crippen molar-refractivity contribution < 1.29 is 22.6 Å². The lowest BCUT2D eigenvalue weighted by Gasteiger charge is -2.17. The Morgan fingerprint density at radius 3 is 2.62 bits per heavy atom. The second kappa shape index (κ2) is 11.8. The molecule has 0 amide bonds. The summed E-state index contributed by atoms with van der Waals surface area (Å²) in [5.41, 5.74) is 13.9. The van der Waals surface area contributed by atoms with Crippen LogP contribution in [-0.4, -0.2) is 55.4 Å². The predicted octanol–water partition coefficient (Wildman–Crippen LogP) is 3.13. The van der Waals surface area contributed by atoms with Crippen molar-refractivity contribution in [2.24, 2.45) is 11.5 Å². The quantitative estimate of drug-likeness (QED) is 0.154. The van der Waals surface area contributed by atoms with Crippen LogP contribution in [0.3, 0.4) is 0 Å². The number of hydrogen-bond donors (Lipinski definition) is 4. The molecule has 0 radical (unpaired) electrons. The molecule has 1 unspecified atom stereocenters. The van der Waals surface area contributed by atoms with Gasteiger partial charge in [-0.25, -0.2) is 8.42 Å². The van der Waals surface area contributed by atoms with Gasteiger partial charge >= 0.3 is 0 Å². The number of halogens is 1. The van der Waals surface area contributed by atoms with Crippen LogP contribution in [0.15, 0.2) is 65.3 Å². The molecule has 37 heavy (non-hydrogen) atoms. The summed E-state index contributed by atoms with van der Waals surface area (Å²) >= 11 is 6.22. The van der Waals surface area contributed by atoms with Gasteiger partial charge in [0.15, 0.2) is 6.79 Å². The van der Waals surface area contributed by atoms with Crippen LogP contribution in [0.1, 0.15) is 24.2 Å². The summed E-state index contributed by atoms with van der Waals surface area (Å²) in [6.45, 7) is 3.05. The Labute approximate surface area is 218 Å². The average molecular weight is 547 g/mol. The fourth-order valence-corrected chi connectivity index (χ4v) is 5.52. The van der Waals surface area contributed by atoms with E-state index in [4.69, 9.17) is 37.3 Å². The maximum absolute atomic E-state index is 13.9. The number of rotatable bonds is 12. The van der Waals surface area contributed by atoms with Crippen LogP contribution in [0.4, 0.5) is 0 Å². The first-order valence-corrected chi connectivity index (χ1v) is 13.2. The van der Waals surface area contributed by atoms with Crippen molar-refractivity contribution >= 4 is 37.2 Å². The third-order valence-electron chi connectivity index (χ3n) is 5.50. The Hall–Kier alpha value is -3.42. The number of aromatic amines is 2. The molecule has 0 aliphatic rings. The molecule has 0 aliphatic heterocycles. The van der Waals surface area contributed by atoms with E-state index in [1.54, 1.807) is 42.6 Å². The molecular formula is C24H27ClN6O5S. The number of benzene rings is 2. The highest BCUT2D eigenvalue weighted by Crippen LogP contribution is 2.38. The molecule has 2 heterocycles. The number of sulfone groups is 1. The minimum atomic E-state index is -4.13. The molecular weight excluding hydrogens is 520 g/mol. The molecule has 4 rings (SSSR count). The van der Waals surface area contributed by atoms with E-state index >= 15 is 0 Å². The first-order chi connectivity index (χ1) is 17.8. The van der Waals surface area contributed by atoms with Gasteiger partial charge in [-0.05, 0) is 37.3 Å². The molecule has 0 spiro atoms. The third kappa shape index (κ3) is 5.78. The highest BCUT2D eigenvalue weighted by atomic mass is 35.5. The summed E-state index contributed by atoms with van der Waals surface area (Å²) < 4.78 is 43.9. The lowest BCUT2D eigenvalue weighted by Crippen LogP contribution is -2.24. The normalized spacial score (nSPS) is 13.5. The maximum atomic E-state index is 13.9. The van der Waals surface area contributed by atoms with Gasteiger partial charge in [-0.2, -0.15) is 10.3 Å². The fraction of sp³-hybridized carbons (Fsp3) is 0.250. The van der Waals surface area contributed by atoms with E-state index in [-0.39, 0.29) is 33.9 Å². The molecule has 2 aromatic heterocycles. The monoisotopic (exact) mass is 546 g/mol. The predicted molar refractivity (Wildman–Crippen MR) is 139 cm³/mol. The largest absolute Gasteiger partial charge is 0.448 e. The number of ether oxygens (including phenoxy) is 3. The molecule has 0 saturated carbocycles. The zero-order chi connectivity index (χ0) is 26.4. The van der Waals surface area contributed by atoms with Crippen LogP contribution < -0.4 is 16.2 Å². The van der Waals surface area contributed by atoms with Gasteiger partial charge in [0.2, 0.25) is 9.84 Å². The smallest absolute Gasteiger partial charge is 0.260 e. The van der Waals surface area contributed by atoms with Gasteiger partial charge in [-0.1, -0.05) is 29.8 Å². The summed E-state index contributed by atoms with van der Waals surface area (Å²) in [6.07, 6.45) is 1.56. The zero-order valence-corrected chi connectivity index (χ0v) is 21.6. The summed E-state index contributed by atoms with van der Waals surface area (Å²) in [6, 6.07) is 11.9. The summed E-state index contributed by atoms with van der Waals surface area (Å²) in [5, 5.41) is 11.5. The van der Waals surface area contributed by atoms with E-state index in [2.05, 4.69) is 20.4 Å². The average Bonchev–Trinajstić information content (AvgIpc) is 3.53. The molecule has 11 nitrogen and oxygen atoms in total. The van der Waals surface area contributed by atoms with Gasteiger partial charge < -0.3 is 30.7 Å². The second-order valence-corrected chi connectivity index (χ2v) is 10.2. The first kappa shape index (κ1) is 26.6. The van der Waals surface area contributed by atoms with Gasteiger partial charge in [0.25, 0.3) is 5.88 Å². The number of aromatic nitrogens is 4. The number of nitrogens with one attached hydrogen (secondary N) is 2. The second-order valence-electron chi connectivity index (χ2n) is 7.85. The molecule has 0 fully saturated rings. The van der Waals surface area contributed by atoms with Crippen LogP contribution in [-0.2, 0) is 19.3 Å². The lowest BCUT2D eigenvalue weighted by molar-refractivity contribution is -0.0172. The van der Waals surface area contributed by atoms with Gasteiger partial charge in [0, 0.05) is 34.3 Å². The Morgan fingerprint density at radius 2 is 1.86 bits per heavy atom. The molecule has 1 atom stereocenters. The van der Waals surface area contributed by atoms with Crippen molar-refractivity contribution in [2.75, 3.05) is 26.6 Å². The molecule has 0 saturated heterocycles. The van der Waals surface area contributed by atoms with E-state index in [0.717, 1.165) is 0 Å². The number of H-pyrrole nitrogens is 2. The Balaban J connectivity index is 1.76. The first-order valence-electron chi connectivity index (χ1n) is 11.4. The van der Waals surface area contributed by atoms with Gasteiger partial charge in [-0.15, -0.1) is 5.10 Å². The SMILES string of the molecule is CCOCCOCOc1n[nH]nc1C(N)C(N)=C(c1c[nH]c2ccc(Cl)cc12)S(=O)(=O)c1ccccc1. The standard InChI is InChI=1S/C24H27ClN6O5S/c1-2-34-10-11-35-14-36-24-22(29-31-30-24)20(26)21(27)23(37(32,33)16-6-4-3-5-7-16)18-13-28-19-9-8-15(25)12-17(18)19/h3-9,12-13,20,28H,2,10-11,14,26-27H2,1H3,(H,29,30,31). The van der Waals surface area contributed by atoms with Crippen molar-refractivity contribution in [1.29, 1.82) is 0 Å². The van der Waals surface area contributed by atoms with Crippen molar-refractivity contribution in [1.82, 2.24) is 20.4 Å². The third-order valence-corrected chi connectivity index (χ3v) is 7.62. The fourth-order valence-electron chi connectivity index (χ4n) is 3.70. The number of fused-ring (bicyclic) bond motifs is 1. The van der Waals surface area contributed by atoms with Gasteiger partial charge in [-0.3, -0.25) is 0 Å². The van der Waals surface area contributed by atoms with Gasteiger partial charge in [0.1, 0.15) is 10.6 Å². The van der Waals surface area contributed by atoms with E-state index in [9.17, 15) is 8.42 Å². The van der Waals surface area contributed by atoms with Crippen molar-refractivity contribution in [3.8, 4) is 5.88 Å². The van der Waals surface area contributed by atoms with Crippen LogP contribution in [0, 0.1) is 0 Å². The van der Waals surface area contributed by atoms with E-state index in [0.29, 0.717) is 41.3 Å². The van der Waals surface area contributed by atoms with Crippen molar-refractivity contribution in [3.05, 3.63) is 76.7 Å². The minimum Gasteiger partial charge on any atom is -0.448 e. The van der Waals surface area contributed by atoms with Crippen LogP contribution >= 0.6 is 11.6 Å². The Kier molecular flexibility index (Phi) is 8.46.